The number of halogens is 1. The highest BCUT2D eigenvalue weighted by molar-refractivity contribution is 6.15. The third-order valence-electron chi connectivity index (χ3n) is 16.5. The van der Waals surface area contributed by atoms with Crippen molar-refractivity contribution in [2.24, 2.45) is 5.92 Å². The Hall–Kier alpha value is -9.44. The molecule has 27 nitrogen and oxygen atoms in total. The van der Waals surface area contributed by atoms with Crippen LogP contribution in [0, 0.1) is 18.7 Å². The average Bonchev–Trinajstić information content (AvgIpc) is 1.45. The van der Waals surface area contributed by atoms with Crippen LogP contribution < -0.4 is 32.1 Å². The SMILES string of the molecule is CC[C@@]1(O)C(=O)OCc2c1cc1n(c2=O)Cc2c-1nc1cc(F)c(C)c3c1c2[C@@H](N(C)C(=O)[C@@H](OCNC(=O)CNC(=O)[C@H](Cc1ccccc1)NC(=O)CNC(=O)CNC(=O)[C@H](CN(CC(=O)OC(C)(C)C)C(=O)OC(C)(C)C)N1C(=O)C=CC1=O)C1CC1)CC3. The average molecular weight is 1280 g/mol. The van der Waals surface area contributed by atoms with E-state index in [4.69, 9.17) is 23.9 Å². The molecule has 2 aliphatic carbocycles. The Morgan fingerprint density at radius 3 is 2.11 bits per heavy atom. The number of amides is 9. The fraction of sp³-hybridized carbons (Fsp3) is 0.484. The van der Waals surface area contributed by atoms with Crippen molar-refractivity contribution >= 4 is 76.2 Å². The molecule has 6 N–H and O–H groups in total. The molecule has 0 radical (unpaired) electrons. The van der Waals surface area contributed by atoms with Crippen LogP contribution in [0.1, 0.15) is 119 Å². The van der Waals surface area contributed by atoms with Crippen LogP contribution in [0.25, 0.3) is 22.3 Å². The lowest BCUT2D eigenvalue weighted by atomic mass is 9.81. The van der Waals surface area contributed by atoms with Gasteiger partial charge in [0.2, 0.25) is 29.5 Å². The molecule has 0 bridgehead atoms. The molecule has 0 saturated heterocycles. The molecule has 2 aromatic carbocycles. The molecule has 0 spiro atoms. The number of aromatic nitrogens is 2. The number of ether oxygens (including phenoxy) is 4. The summed E-state index contributed by atoms with van der Waals surface area (Å²) in [6, 6.07) is 7.78. The molecule has 0 unspecified atom stereocenters. The van der Waals surface area contributed by atoms with Crippen LogP contribution in [0.5, 0.6) is 0 Å². The zero-order valence-electron chi connectivity index (χ0n) is 52.6. The van der Waals surface area contributed by atoms with Crippen molar-refractivity contribution in [1.29, 1.82) is 0 Å². The van der Waals surface area contributed by atoms with E-state index >= 15 is 4.39 Å². The van der Waals surface area contributed by atoms with Gasteiger partial charge in [-0.15, -0.1) is 0 Å². The van der Waals surface area contributed by atoms with Gasteiger partial charge in [0.05, 0.1) is 61.2 Å². The van der Waals surface area contributed by atoms with Gasteiger partial charge in [0.15, 0.2) is 5.60 Å². The fourth-order valence-corrected chi connectivity index (χ4v) is 11.7. The molecule has 28 heteroatoms. The van der Waals surface area contributed by atoms with Gasteiger partial charge < -0.3 is 60.1 Å². The van der Waals surface area contributed by atoms with Crippen LogP contribution in [-0.2, 0) is 98.5 Å². The topological polar surface area (TPSA) is 350 Å². The van der Waals surface area contributed by atoms with Gasteiger partial charge in [0.25, 0.3) is 23.3 Å². The van der Waals surface area contributed by atoms with Crippen molar-refractivity contribution in [3.8, 4) is 11.4 Å². The zero-order valence-corrected chi connectivity index (χ0v) is 52.6. The van der Waals surface area contributed by atoms with E-state index in [0.29, 0.717) is 75.1 Å². The summed E-state index contributed by atoms with van der Waals surface area (Å²) in [5.74, 6) is -9.06. The molecular formula is C64H75FN10O17. The van der Waals surface area contributed by atoms with Crippen LogP contribution in [0.3, 0.4) is 0 Å². The normalized spacial score (nSPS) is 18.1. The van der Waals surface area contributed by atoms with E-state index in [1.807, 2.05) is 0 Å². The predicted octanol–water partition coefficient (Wildman–Crippen LogP) is 1.79. The largest absolute Gasteiger partial charge is 0.459 e. The molecule has 1 saturated carbocycles. The molecule has 92 heavy (non-hydrogen) atoms. The summed E-state index contributed by atoms with van der Waals surface area (Å²) in [7, 11) is 1.64. The number of hydrogen-bond donors (Lipinski definition) is 6. The number of aliphatic hydroxyl groups is 1. The predicted molar refractivity (Wildman–Crippen MR) is 323 cm³/mol. The van der Waals surface area contributed by atoms with Crippen LogP contribution in [0.15, 0.2) is 59.4 Å². The van der Waals surface area contributed by atoms with Crippen LogP contribution in [-0.4, -0.2) is 171 Å². The molecule has 5 aliphatic rings. The smallest absolute Gasteiger partial charge is 0.410 e. The standard InChI is InChI=1S/C64H75FN10O17/c1-10-64(88)39-23-44-54-37(28-74(44)58(84)38(39)31-89-60(64)86)53-43(19-18-36-33(2)40(65)24-41(71-54)52(36)53)72(9)59(85)55(35-16-17-35)90-32-69-47(77)26-67-56(82)42(22-34-14-12-11-13-15-34)70-48(78)27-66-46(76)25-68-57(83)45(75-49(79)20-21-50(75)80)29-73(61(87)92-63(6,7)8)30-51(81)91-62(3,4)5/h11-15,20-21,23-24,35,42-43,45,55,88H,10,16-19,22,25-32H2,1-9H3,(H,66,76)(H,67,82)(H,68,83)(H,69,77)(H,70,78)/t42-,43-,45-,55-,64-/m0/s1. The summed E-state index contributed by atoms with van der Waals surface area (Å²) >= 11 is 0. The van der Waals surface area contributed by atoms with Crippen molar-refractivity contribution in [2.75, 3.05) is 46.5 Å². The minimum atomic E-state index is -2.08. The highest BCUT2D eigenvalue weighted by Crippen LogP contribution is 2.48. The number of carbonyl (C=O) groups excluding carboxylic acids is 11. The number of carbonyl (C=O) groups is 11. The van der Waals surface area contributed by atoms with Crippen molar-refractivity contribution < 1.29 is 81.2 Å². The number of cyclic esters (lactones) is 1. The van der Waals surface area contributed by atoms with Crippen molar-refractivity contribution in [3.05, 3.63) is 110 Å². The van der Waals surface area contributed by atoms with Crippen LogP contribution in [0.2, 0.25) is 0 Å². The van der Waals surface area contributed by atoms with E-state index in [1.165, 1.54) is 10.6 Å². The van der Waals surface area contributed by atoms with Gasteiger partial charge in [0, 0.05) is 48.2 Å². The molecule has 5 atom stereocenters. The van der Waals surface area contributed by atoms with Crippen molar-refractivity contribution in [1.82, 2.24) is 50.8 Å². The van der Waals surface area contributed by atoms with Gasteiger partial charge in [0.1, 0.15) is 55.1 Å². The lowest BCUT2D eigenvalue weighted by Crippen LogP contribution is -2.57. The highest BCUT2D eigenvalue weighted by atomic mass is 19.1. The Morgan fingerprint density at radius 1 is 0.826 bits per heavy atom. The van der Waals surface area contributed by atoms with Gasteiger partial charge in [-0.3, -0.25) is 57.7 Å². The van der Waals surface area contributed by atoms with Crippen LogP contribution in [0.4, 0.5) is 9.18 Å². The number of rotatable bonds is 23. The Morgan fingerprint density at radius 2 is 1.47 bits per heavy atom. The third kappa shape index (κ3) is 14.7. The van der Waals surface area contributed by atoms with Gasteiger partial charge in [-0.25, -0.2) is 19.0 Å². The summed E-state index contributed by atoms with van der Waals surface area (Å²) in [5.41, 5.74) is -0.309. The number of pyridine rings is 2. The first-order valence-electron chi connectivity index (χ1n) is 30.2. The van der Waals surface area contributed by atoms with Gasteiger partial charge in [-0.2, -0.15) is 0 Å². The maximum Gasteiger partial charge on any atom is 0.410 e. The Balaban J connectivity index is 0.810. The molecule has 1 fully saturated rings. The first-order chi connectivity index (χ1) is 43.4. The molecule has 9 rings (SSSR count). The number of fused-ring (bicyclic) bond motifs is 5. The number of nitrogens with zero attached hydrogens (tertiary/aromatic N) is 5. The fourth-order valence-electron chi connectivity index (χ4n) is 11.7. The second-order valence-electron chi connectivity index (χ2n) is 25.3. The van der Waals surface area contributed by atoms with E-state index in [2.05, 4.69) is 26.6 Å². The van der Waals surface area contributed by atoms with Gasteiger partial charge in [-0.05, 0) is 115 Å². The minimum Gasteiger partial charge on any atom is -0.459 e. The van der Waals surface area contributed by atoms with E-state index in [-0.39, 0.29) is 43.0 Å². The molecular weight excluding hydrogens is 1200 g/mol. The lowest BCUT2D eigenvalue weighted by Gasteiger charge is -2.36. The monoisotopic (exact) mass is 1270 g/mol. The van der Waals surface area contributed by atoms with Gasteiger partial charge >= 0.3 is 18.0 Å². The number of aryl methyl sites for hydroxylation is 1. The minimum absolute atomic E-state index is 0.0362. The van der Waals surface area contributed by atoms with E-state index in [0.717, 1.165) is 22.6 Å². The van der Waals surface area contributed by atoms with Crippen LogP contribution >= 0.6 is 0 Å². The number of imide groups is 1. The quantitative estimate of drug-likeness (QED) is 0.0235. The molecule has 3 aliphatic heterocycles. The number of likely N-dealkylation sites (N-methyl/N-ethyl adjacent to an activating group) is 1. The Bertz CT molecular complexity index is 3780. The Labute approximate surface area is 528 Å². The molecule has 9 amide bonds. The summed E-state index contributed by atoms with van der Waals surface area (Å²) in [6.07, 6.45) is 1.65. The molecule has 5 heterocycles. The number of benzene rings is 2. The number of nitrogens with one attached hydrogen (secondary N) is 5. The maximum atomic E-state index is 15.7. The molecule has 490 valence electrons. The zero-order chi connectivity index (χ0) is 66.9. The van der Waals surface area contributed by atoms with E-state index < -0.39 is 157 Å². The number of hydrogen-bond acceptors (Lipinski definition) is 18. The maximum absolute atomic E-state index is 15.7. The summed E-state index contributed by atoms with van der Waals surface area (Å²) in [6.45, 7) is 8.37. The Kier molecular flexibility index (Phi) is 19.5. The second kappa shape index (κ2) is 26.8. The van der Waals surface area contributed by atoms with E-state index in [9.17, 15) is 62.6 Å². The highest BCUT2D eigenvalue weighted by Gasteiger charge is 2.48. The summed E-state index contributed by atoms with van der Waals surface area (Å²) in [5, 5.41) is 24.4. The first kappa shape index (κ1) is 67.0. The lowest BCUT2D eigenvalue weighted by molar-refractivity contribution is -0.172. The summed E-state index contributed by atoms with van der Waals surface area (Å²) < 4.78 is 39.3. The third-order valence-corrected chi connectivity index (χ3v) is 16.5. The summed E-state index contributed by atoms with van der Waals surface area (Å²) in [4.78, 5) is 169. The molecule has 4 aromatic rings. The first-order valence-corrected chi connectivity index (χ1v) is 30.2. The van der Waals surface area contributed by atoms with Gasteiger partial charge in [-0.1, -0.05) is 37.3 Å². The number of esters is 2. The second-order valence-corrected chi connectivity index (χ2v) is 25.3. The molecule has 2 aromatic heterocycles. The van der Waals surface area contributed by atoms with Crippen molar-refractivity contribution in [3.63, 3.8) is 0 Å². The van der Waals surface area contributed by atoms with E-state index in [1.54, 1.807) is 104 Å². The van der Waals surface area contributed by atoms with Crippen molar-refractivity contribution in [2.45, 2.75) is 148 Å².